The molecule has 0 spiro atoms. The largest absolute Gasteiger partial charge is 0.367 e. The summed E-state index contributed by atoms with van der Waals surface area (Å²) in [6, 6.07) is 10.5. The average molecular weight is 348 g/mol. The molecule has 2 N–H and O–H groups in total. The molecule has 0 aliphatic carbocycles. The Balaban J connectivity index is 1.37. The number of urea groups is 1. The number of halogens is 1. The molecule has 24 heavy (non-hydrogen) atoms. The quantitative estimate of drug-likeness (QED) is 0.873. The van der Waals surface area contributed by atoms with Crippen LogP contribution in [0, 0.1) is 5.82 Å². The molecule has 1 fully saturated rings. The second-order valence-corrected chi connectivity index (χ2v) is 6.59. The number of rotatable bonds is 5. The predicted octanol–water partition coefficient (Wildman–Crippen LogP) is 2.83. The third-order valence-electron chi connectivity index (χ3n) is 4.04. The van der Waals surface area contributed by atoms with E-state index in [1.807, 2.05) is 29.6 Å². The molecule has 1 aromatic carbocycles. The van der Waals surface area contributed by atoms with E-state index in [1.165, 1.54) is 17.4 Å². The monoisotopic (exact) mass is 348 g/mol. The Hall–Kier alpha value is -2.12. The molecular weight excluding hydrogens is 327 g/mol. The molecule has 1 aromatic heterocycles. The normalized spacial score (nSPS) is 15.3. The van der Waals surface area contributed by atoms with E-state index >= 15 is 0 Å². The van der Waals surface area contributed by atoms with Crippen molar-refractivity contribution in [1.82, 2.24) is 10.2 Å². The van der Waals surface area contributed by atoms with Crippen LogP contribution in [-0.4, -0.2) is 50.2 Å². The lowest BCUT2D eigenvalue weighted by atomic mass is 10.2. The van der Waals surface area contributed by atoms with Crippen LogP contribution >= 0.6 is 11.3 Å². The number of carbonyl (C=O) groups is 1. The first-order valence-electron chi connectivity index (χ1n) is 8.02. The van der Waals surface area contributed by atoms with E-state index in [0.717, 1.165) is 37.7 Å². The molecule has 0 bridgehead atoms. The maximum absolute atomic E-state index is 13.8. The number of thiophene rings is 1. The van der Waals surface area contributed by atoms with Gasteiger partial charge in [0.15, 0.2) is 0 Å². The Morgan fingerprint density at radius 2 is 1.92 bits per heavy atom. The molecule has 128 valence electrons. The number of carbonyl (C=O) groups excluding carboxylic acids is 1. The second kappa shape index (κ2) is 8.12. The Kier molecular flexibility index (Phi) is 5.66. The molecule has 0 unspecified atom stereocenters. The molecule has 2 aromatic rings. The highest BCUT2D eigenvalue weighted by Gasteiger charge is 2.18. The number of amides is 2. The third-order valence-corrected chi connectivity index (χ3v) is 4.82. The van der Waals surface area contributed by atoms with Crippen LogP contribution in [0.4, 0.5) is 19.9 Å². The Labute approximate surface area is 145 Å². The zero-order valence-electron chi connectivity index (χ0n) is 13.4. The van der Waals surface area contributed by atoms with Crippen LogP contribution in [0.15, 0.2) is 41.8 Å². The van der Waals surface area contributed by atoms with E-state index in [-0.39, 0.29) is 11.8 Å². The van der Waals surface area contributed by atoms with Gasteiger partial charge in [-0.05, 0) is 29.6 Å². The topological polar surface area (TPSA) is 47.6 Å². The van der Waals surface area contributed by atoms with Crippen LogP contribution in [0.5, 0.6) is 0 Å². The lowest BCUT2D eigenvalue weighted by molar-refractivity contribution is 0.240. The molecule has 5 nitrogen and oxygen atoms in total. The smallest absolute Gasteiger partial charge is 0.319 e. The van der Waals surface area contributed by atoms with E-state index in [0.29, 0.717) is 12.2 Å². The fourth-order valence-corrected chi connectivity index (χ4v) is 3.37. The Morgan fingerprint density at radius 1 is 1.12 bits per heavy atom. The number of anilines is 2. The summed E-state index contributed by atoms with van der Waals surface area (Å²) in [6.45, 7) is 4.70. The lowest BCUT2D eigenvalue weighted by Gasteiger charge is -2.36. The highest BCUT2D eigenvalue weighted by Crippen LogP contribution is 2.20. The fraction of sp³-hybridized carbons (Fsp3) is 0.353. The molecule has 0 saturated carbocycles. The van der Waals surface area contributed by atoms with Gasteiger partial charge in [-0.15, -0.1) is 11.3 Å². The highest BCUT2D eigenvalue weighted by atomic mass is 32.1. The van der Waals surface area contributed by atoms with Gasteiger partial charge in [-0.25, -0.2) is 9.18 Å². The van der Waals surface area contributed by atoms with Crippen LogP contribution in [0.3, 0.4) is 0 Å². The van der Waals surface area contributed by atoms with Crippen molar-refractivity contribution in [1.29, 1.82) is 0 Å². The molecule has 1 aliphatic heterocycles. The molecule has 3 rings (SSSR count). The van der Waals surface area contributed by atoms with Crippen molar-refractivity contribution < 1.29 is 9.18 Å². The van der Waals surface area contributed by atoms with Crippen molar-refractivity contribution in [3.05, 3.63) is 47.6 Å². The summed E-state index contributed by atoms with van der Waals surface area (Å²) in [5, 5.41) is 8.42. The summed E-state index contributed by atoms with van der Waals surface area (Å²) in [7, 11) is 0. The number of hydrogen-bond acceptors (Lipinski definition) is 4. The first-order chi connectivity index (χ1) is 11.7. The van der Waals surface area contributed by atoms with Crippen molar-refractivity contribution in [3.8, 4) is 0 Å². The lowest BCUT2D eigenvalue weighted by Crippen LogP contribution is -2.49. The maximum atomic E-state index is 13.8. The van der Waals surface area contributed by atoms with E-state index in [9.17, 15) is 9.18 Å². The van der Waals surface area contributed by atoms with Crippen molar-refractivity contribution in [2.75, 3.05) is 49.5 Å². The highest BCUT2D eigenvalue weighted by molar-refractivity contribution is 7.14. The van der Waals surface area contributed by atoms with Gasteiger partial charge in [0.25, 0.3) is 0 Å². The van der Waals surface area contributed by atoms with E-state index in [1.54, 1.807) is 6.07 Å². The van der Waals surface area contributed by atoms with Gasteiger partial charge < -0.3 is 10.2 Å². The number of nitrogens with zero attached hydrogens (tertiary/aromatic N) is 2. The zero-order chi connectivity index (χ0) is 16.8. The summed E-state index contributed by atoms with van der Waals surface area (Å²) in [4.78, 5) is 16.1. The maximum Gasteiger partial charge on any atom is 0.319 e. The molecule has 0 atom stereocenters. The third kappa shape index (κ3) is 4.46. The van der Waals surface area contributed by atoms with Crippen LogP contribution in [-0.2, 0) is 0 Å². The van der Waals surface area contributed by atoms with Gasteiger partial charge in [0, 0.05) is 39.3 Å². The standard InChI is InChI=1S/C17H21FN4OS/c18-14-4-1-2-5-15(14)22-11-9-21(10-12-22)8-7-19-17(23)20-16-6-3-13-24-16/h1-6,13H,7-12H2,(H2,19,20,23). The zero-order valence-corrected chi connectivity index (χ0v) is 14.2. The summed E-state index contributed by atoms with van der Waals surface area (Å²) in [5.74, 6) is -0.169. The predicted molar refractivity (Wildman–Crippen MR) is 96.4 cm³/mol. The fourth-order valence-electron chi connectivity index (χ4n) is 2.75. The SMILES string of the molecule is O=C(NCCN1CCN(c2ccccc2F)CC1)Nc1cccs1. The number of hydrogen-bond donors (Lipinski definition) is 2. The van der Waals surface area contributed by atoms with Crippen molar-refractivity contribution in [2.24, 2.45) is 0 Å². The van der Waals surface area contributed by atoms with Crippen LogP contribution < -0.4 is 15.5 Å². The molecule has 2 heterocycles. The van der Waals surface area contributed by atoms with Crippen LogP contribution in [0.25, 0.3) is 0 Å². The number of benzene rings is 1. The molecule has 0 radical (unpaired) electrons. The van der Waals surface area contributed by atoms with Crippen LogP contribution in [0.2, 0.25) is 0 Å². The minimum atomic E-state index is -0.178. The number of para-hydroxylation sites is 1. The number of piperazine rings is 1. The van der Waals surface area contributed by atoms with Crippen LogP contribution in [0.1, 0.15) is 0 Å². The molecule has 1 saturated heterocycles. The van der Waals surface area contributed by atoms with Crippen molar-refractivity contribution >= 4 is 28.1 Å². The summed E-state index contributed by atoms with van der Waals surface area (Å²) in [5.41, 5.74) is 0.672. The van der Waals surface area contributed by atoms with Gasteiger partial charge in [0.2, 0.25) is 0 Å². The van der Waals surface area contributed by atoms with Crippen molar-refractivity contribution in [3.63, 3.8) is 0 Å². The molecule has 7 heteroatoms. The van der Waals surface area contributed by atoms with Gasteiger partial charge in [-0.3, -0.25) is 10.2 Å². The van der Waals surface area contributed by atoms with E-state index in [4.69, 9.17) is 0 Å². The first-order valence-corrected chi connectivity index (χ1v) is 8.90. The summed E-state index contributed by atoms with van der Waals surface area (Å²) >= 11 is 1.49. The Bertz CT molecular complexity index is 656. The van der Waals surface area contributed by atoms with Gasteiger partial charge in [0.05, 0.1) is 10.7 Å². The van der Waals surface area contributed by atoms with Crippen molar-refractivity contribution in [2.45, 2.75) is 0 Å². The average Bonchev–Trinajstić information content (AvgIpc) is 3.09. The summed E-state index contributed by atoms with van der Waals surface area (Å²) in [6.07, 6.45) is 0. The van der Waals surface area contributed by atoms with Gasteiger partial charge in [-0.2, -0.15) is 0 Å². The first kappa shape index (κ1) is 16.7. The minimum absolute atomic E-state index is 0.169. The van der Waals surface area contributed by atoms with Gasteiger partial charge >= 0.3 is 6.03 Å². The second-order valence-electron chi connectivity index (χ2n) is 5.64. The molecule has 2 amide bonds. The van der Waals surface area contributed by atoms with Gasteiger partial charge in [0.1, 0.15) is 5.82 Å². The summed E-state index contributed by atoms with van der Waals surface area (Å²) < 4.78 is 13.8. The minimum Gasteiger partial charge on any atom is -0.367 e. The Morgan fingerprint density at radius 3 is 2.62 bits per heavy atom. The number of nitrogens with one attached hydrogen (secondary N) is 2. The van der Waals surface area contributed by atoms with Gasteiger partial charge in [-0.1, -0.05) is 12.1 Å². The van der Waals surface area contributed by atoms with E-state index in [2.05, 4.69) is 20.4 Å². The molecular formula is C17H21FN4OS. The van der Waals surface area contributed by atoms with E-state index < -0.39 is 0 Å². The molecule has 1 aliphatic rings.